The number of nitrogens with zero attached hydrogens (tertiary/aromatic N) is 1. The number of aromatic nitrogens is 2. The molecule has 0 radical (unpaired) electrons. The first-order chi connectivity index (χ1) is 9.24. The number of nitrogens with one attached hydrogen (secondary N) is 1. The van der Waals surface area contributed by atoms with Crippen LogP contribution in [0.25, 0.3) is 10.9 Å². The average Bonchev–Trinajstić information content (AvgIpc) is 2.86. The van der Waals surface area contributed by atoms with E-state index in [4.69, 9.17) is 11.6 Å². The Balaban J connectivity index is 1.83. The summed E-state index contributed by atoms with van der Waals surface area (Å²) in [4.78, 5) is 0. The molecule has 1 fully saturated rings. The van der Waals surface area contributed by atoms with Gasteiger partial charge in [0.05, 0.1) is 17.8 Å². The van der Waals surface area contributed by atoms with Gasteiger partial charge in [-0.2, -0.15) is 5.10 Å². The van der Waals surface area contributed by atoms with Crippen LogP contribution in [0.4, 0.5) is 0 Å². The van der Waals surface area contributed by atoms with Gasteiger partial charge in [0, 0.05) is 10.4 Å². The molecule has 3 nitrogen and oxygen atoms in total. The van der Waals surface area contributed by atoms with Gasteiger partial charge in [0.2, 0.25) is 0 Å². The van der Waals surface area contributed by atoms with E-state index in [2.05, 4.69) is 10.2 Å². The van der Waals surface area contributed by atoms with Gasteiger partial charge in [0.1, 0.15) is 0 Å². The topological polar surface area (TPSA) is 48.9 Å². The van der Waals surface area contributed by atoms with E-state index in [9.17, 15) is 5.11 Å². The smallest absolute Gasteiger partial charge is 0.0800 e. The van der Waals surface area contributed by atoms with Crippen molar-refractivity contribution in [2.45, 2.75) is 44.6 Å². The molecule has 1 aromatic heterocycles. The van der Waals surface area contributed by atoms with Gasteiger partial charge >= 0.3 is 0 Å². The highest BCUT2D eigenvalue weighted by atomic mass is 35.5. The van der Waals surface area contributed by atoms with E-state index in [1.807, 2.05) is 12.1 Å². The molecule has 1 atom stereocenters. The molecule has 0 bridgehead atoms. The summed E-state index contributed by atoms with van der Waals surface area (Å²) in [5, 5.41) is 19.1. The Morgan fingerprint density at radius 3 is 2.89 bits per heavy atom. The number of H-pyrrole nitrogens is 1. The fourth-order valence-electron chi connectivity index (χ4n) is 3.18. The SMILES string of the molecule is OC(CC1CCCCC1)c1cc(Cl)cc2[nH]ncc12. The number of aliphatic hydroxyl groups is 1. The summed E-state index contributed by atoms with van der Waals surface area (Å²) in [6, 6.07) is 3.72. The molecule has 3 rings (SSSR count). The van der Waals surface area contributed by atoms with Crippen LogP contribution in [-0.2, 0) is 0 Å². The zero-order valence-electron chi connectivity index (χ0n) is 10.9. The standard InChI is InChI=1S/C15H19ClN2O/c16-11-7-12(13-9-17-18-14(13)8-11)15(19)6-10-4-2-1-3-5-10/h7-10,15,19H,1-6H2,(H,17,18). The van der Waals surface area contributed by atoms with Gasteiger partial charge in [-0.05, 0) is 30.0 Å². The van der Waals surface area contributed by atoms with Crippen LogP contribution in [0.15, 0.2) is 18.3 Å². The van der Waals surface area contributed by atoms with E-state index in [1.54, 1.807) is 6.20 Å². The van der Waals surface area contributed by atoms with Crippen LogP contribution < -0.4 is 0 Å². The number of hydrogen-bond acceptors (Lipinski definition) is 2. The summed E-state index contributed by atoms with van der Waals surface area (Å²) in [6.45, 7) is 0. The molecule has 2 aromatic rings. The Morgan fingerprint density at radius 1 is 1.32 bits per heavy atom. The fraction of sp³-hybridized carbons (Fsp3) is 0.533. The molecular formula is C15H19ClN2O. The van der Waals surface area contributed by atoms with Crippen molar-refractivity contribution in [1.82, 2.24) is 10.2 Å². The van der Waals surface area contributed by atoms with E-state index >= 15 is 0 Å². The summed E-state index contributed by atoms with van der Waals surface area (Å²) >= 11 is 6.11. The zero-order valence-corrected chi connectivity index (χ0v) is 11.7. The molecule has 1 aliphatic rings. The van der Waals surface area contributed by atoms with Crippen molar-refractivity contribution in [2.75, 3.05) is 0 Å². The van der Waals surface area contributed by atoms with Gasteiger partial charge in [0.25, 0.3) is 0 Å². The number of hydrogen-bond donors (Lipinski definition) is 2. The average molecular weight is 279 g/mol. The van der Waals surface area contributed by atoms with Crippen molar-refractivity contribution in [1.29, 1.82) is 0 Å². The molecule has 1 aliphatic carbocycles. The van der Waals surface area contributed by atoms with E-state index < -0.39 is 6.10 Å². The third-order valence-corrected chi connectivity index (χ3v) is 4.41. The summed E-state index contributed by atoms with van der Waals surface area (Å²) in [5.74, 6) is 0.643. The number of aliphatic hydroxyl groups excluding tert-OH is 1. The van der Waals surface area contributed by atoms with Crippen LogP contribution in [0.5, 0.6) is 0 Å². The van der Waals surface area contributed by atoms with Gasteiger partial charge in [0.15, 0.2) is 0 Å². The first kappa shape index (κ1) is 12.9. The van der Waals surface area contributed by atoms with E-state index in [0.717, 1.165) is 22.9 Å². The molecule has 19 heavy (non-hydrogen) atoms. The maximum atomic E-state index is 10.5. The second kappa shape index (κ2) is 5.51. The van der Waals surface area contributed by atoms with E-state index in [-0.39, 0.29) is 0 Å². The maximum absolute atomic E-state index is 10.5. The molecule has 1 aromatic carbocycles. The van der Waals surface area contributed by atoms with Crippen LogP contribution in [0.3, 0.4) is 0 Å². The third kappa shape index (κ3) is 2.77. The molecule has 1 saturated carbocycles. The maximum Gasteiger partial charge on any atom is 0.0800 e. The lowest BCUT2D eigenvalue weighted by Crippen LogP contribution is -2.11. The van der Waals surface area contributed by atoms with Crippen molar-refractivity contribution >= 4 is 22.5 Å². The lowest BCUT2D eigenvalue weighted by atomic mass is 9.84. The first-order valence-electron chi connectivity index (χ1n) is 7.04. The van der Waals surface area contributed by atoms with Crippen LogP contribution in [-0.4, -0.2) is 15.3 Å². The van der Waals surface area contributed by atoms with Gasteiger partial charge in [-0.1, -0.05) is 43.7 Å². The predicted octanol–water partition coefficient (Wildman–Crippen LogP) is 4.22. The molecule has 0 amide bonds. The van der Waals surface area contributed by atoms with Gasteiger partial charge in [-0.25, -0.2) is 0 Å². The second-order valence-electron chi connectivity index (χ2n) is 5.58. The molecule has 0 saturated heterocycles. The summed E-state index contributed by atoms with van der Waals surface area (Å²) in [5.41, 5.74) is 1.80. The lowest BCUT2D eigenvalue weighted by Gasteiger charge is -2.24. The molecule has 0 aliphatic heterocycles. The number of halogens is 1. The van der Waals surface area contributed by atoms with Gasteiger partial charge in [-0.3, -0.25) is 5.10 Å². The molecular weight excluding hydrogens is 260 g/mol. The zero-order chi connectivity index (χ0) is 13.2. The molecule has 2 N–H and O–H groups in total. The van der Waals surface area contributed by atoms with Crippen molar-refractivity contribution in [3.05, 3.63) is 28.9 Å². The lowest BCUT2D eigenvalue weighted by molar-refractivity contribution is 0.132. The van der Waals surface area contributed by atoms with Crippen molar-refractivity contribution in [3.8, 4) is 0 Å². The van der Waals surface area contributed by atoms with Crippen LogP contribution in [0, 0.1) is 5.92 Å². The van der Waals surface area contributed by atoms with Crippen molar-refractivity contribution in [2.24, 2.45) is 5.92 Å². The number of rotatable bonds is 3. The Labute approximate surface area is 118 Å². The Bertz CT molecular complexity index is 560. The van der Waals surface area contributed by atoms with Crippen molar-refractivity contribution < 1.29 is 5.11 Å². The third-order valence-electron chi connectivity index (χ3n) is 4.20. The Kier molecular flexibility index (Phi) is 3.76. The quantitative estimate of drug-likeness (QED) is 0.883. The van der Waals surface area contributed by atoms with Crippen LogP contribution in [0.1, 0.15) is 50.2 Å². The normalized spacial score (nSPS) is 18.8. The minimum absolute atomic E-state index is 0.443. The van der Waals surface area contributed by atoms with E-state index in [1.165, 1.54) is 32.1 Å². The summed E-state index contributed by atoms with van der Waals surface area (Å²) < 4.78 is 0. The monoisotopic (exact) mass is 278 g/mol. The molecule has 102 valence electrons. The largest absolute Gasteiger partial charge is 0.388 e. The van der Waals surface area contributed by atoms with Crippen LogP contribution in [0.2, 0.25) is 5.02 Å². The fourth-order valence-corrected chi connectivity index (χ4v) is 3.41. The Morgan fingerprint density at radius 2 is 2.11 bits per heavy atom. The minimum atomic E-state index is -0.443. The number of fused-ring (bicyclic) bond motifs is 1. The predicted molar refractivity (Wildman–Crippen MR) is 77.3 cm³/mol. The second-order valence-corrected chi connectivity index (χ2v) is 6.02. The number of aromatic amines is 1. The number of benzene rings is 1. The molecule has 1 unspecified atom stereocenters. The van der Waals surface area contributed by atoms with Gasteiger partial charge < -0.3 is 5.11 Å². The van der Waals surface area contributed by atoms with E-state index in [0.29, 0.717) is 10.9 Å². The molecule has 1 heterocycles. The van der Waals surface area contributed by atoms with Crippen LogP contribution >= 0.6 is 11.6 Å². The summed E-state index contributed by atoms with van der Waals surface area (Å²) in [6.07, 6.45) is 8.59. The first-order valence-corrected chi connectivity index (χ1v) is 7.42. The summed E-state index contributed by atoms with van der Waals surface area (Å²) in [7, 11) is 0. The highest BCUT2D eigenvalue weighted by molar-refractivity contribution is 6.31. The van der Waals surface area contributed by atoms with Gasteiger partial charge in [-0.15, -0.1) is 0 Å². The Hall–Kier alpha value is -1.06. The molecule has 4 heteroatoms. The minimum Gasteiger partial charge on any atom is -0.388 e. The molecule has 0 spiro atoms. The van der Waals surface area contributed by atoms with Crippen molar-refractivity contribution in [3.63, 3.8) is 0 Å². The highest BCUT2D eigenvalue weighted by Crippen LogP contribution is 2.35. The highest BCUT2D eigenvalue weighted by Gasteiger charge is 2.20.